The molecule has 41 heavy (non-hydrogen) atoms. The molecule has 0 saturated heterocycles. The summed E-state index contributed by atoms with van der Waals surface area (Å²) in [6, 6.07) is 49.7. The normalized spacial score (nSPS) is 11.4. The largest absolute Gasteiger partial charge is 0.235 e. The summed E-state index contributed by atoms with van der Waals surface area (Å²) in [5, 5.41) is 3.57. The van der Waals surface area contributed by atoms with Gasteiger partial charge in [0.2, 0.25) is 0 Å². The molecule has 1 nitrogen and oxygen atoms in total. The Morgan fingerprint density at radius 3 is 1.37 bits per heavy atom. The summed E-state index contributed by atoms with van der Waals surface area (Å²) >= 11 is 5.53. The van der Waals surface area contributed by atoms with Crippen LogP contribution in [0.15, 0.2) is 140 Å². The average Bonchev–Trinajstić information content (AvgIpc) is 3.75. The molecular weight excluding hydrogens is 555 g/mol. The molecule has 8 rings (SSSR count). The summed E-state index contributed by atoms with van der Waals surface area (Å²) in [6.07, 6.45) is 0. The number of thiophene rings is 2. The SMILES string of the molecule is c1ccc(-c2nc(-c3c(-c4ccccc4)sc4ccccc34)c(-c3c(-c4ccccc4)sc4ccccc34)s2)cc1. The molecule has 0 atom stereocenters. The second-order valence-electron chi connectivity index (χ2n) is 9.90. The van der Waals surface area contributed by atoms with Gasteiger partial charge in [-0.15, -0.1) is 34.0 Å². The van der Waals surface area contributed by atoms with Crippen LogP contribution in [0.4, 0.5) is 0 Å². The van der Waals surface area contributed by atoms with Gasteiger partial charge in [0.25, 0.3) is 0 Å². The van der Waals surface area contributed by atoms with Crippen LogP contribution in [-0.4, -0.2) is 4.98 Å². The van der Waals surface area contributed by atoms with Crippen molar-refractivity contribution >= 4 is 54.2 Å². The topological polar surface area (TPSA) is 12.9 Å². The van der Waals surface area contributed by atoms with Gasteiger partial charge in [0.05, 0.1) is 10.6 Å². The first-order valence-electron chi connectivity index (χ1n) is 13.6. The Bertz CT molecular complexity index is 2000. The zero-order valence-corrected chi connectivity index (χ0v) is 24.4. The minimum Gasteiger partial charge on any atom is -0.235 e. The first-order chi connectivity index (χ1) is 20.3. The summed E-state index contributed by atoms with van der Waals surface area (Å²) < 4.78 is 2.57. The van der Waals surface area contributed by atoms with Crippen molar-refractivity contribution in [2.75, 3.05) is 0 Å². The predicted octanol–water partition coefficient (Wildman–Crippen LogP) is 11.9. The van der Waals surface area contributed by atoms with Crippen LogP contribution < -0.4 is 0 Å². The number of nitrogens with zero attached hydrogens (tertiary/aromatic N) is 1. The van der Waals surface area contributed by atoms with Gasteiger partial charge in [0.15, 0.2) is 0 Å². The highest BCUT2D eigenvalue weighted by atomic mass is 32.1. The van der Waals surface area contributed by atoms with Crippen LogP contribution in [0, 0.1) is 0 Å². The second-order valence-corrected chi connectivity index (χ2v) is 13.0. The molecule has 0 aliphatic heterocycles. The summed E-state index contributed by atoms with van der Waals surface area (Å²) in [7, 11) is 0. The first-order valence-corrected chi connectivity index (χ1v) is 16.0. The smallest absolute Gasteiger partial charge is 0.124 e. The number of thiazole rings is 1. The standard InChI is InChI=1S/C37H23NS3/c1-4-14-24(15-5-1)34-31(27-20-10-12-22-29(27)39-34)33-36(41-37(38-33)26-18-8-3-9-19-26)32-28-21-11-13-23-30(28)40-35(32)25-16-6-2-7-17-25/h1-23H. The van der Waals surface area contributed by atoms with Gasteiger partial charge in [0.1, 0.15) is 5.01 Å². The minimum atomic E-state index is 1.04. The Kier molecular flexibility index (Phi) is 6.11. The summed E-state index contributed by atoms with van der Waals surface area (Å²) in [5.74, 6) is 0. The lowest BCUT2D eigenvalue weighted by atomic mass is 9.98. The molecule has 0 N–H and O–H groups in total. The van der Waals surface area contributed by atoms with Gasteiger partial charge < -0.3 is 0 Å². The Labute approximate surface area is 250 Å². The molecule has 0 fully saturated rings. The molecule has 0 amide bonds. The van der Waals surface area contributed by atoms with Gasteiger partial charge in [-0.3, -0.25) is 0 Å². The van der Waals surface area contributed by atoms with Crippen LogP contribution >= 0.6 is 34.0 Å². The molecule has 8 aromatic rings. The zero-order valence-electron chi connectivity index (χ0n) is 22.0. The van der Waals surface area contributed by atoms with Crippen molar-refractivity contribution in [3.63, 3.8) is 0 Å². The molecule has 5 aromatic carbocycles. The number of rotatable bonds is 5. The molecule has 0 spiro atoms. The Morgan fingerprint density at radius 2 is 0.805 bits per heavy atom. The second kappa shape index (κ2) is 10.2. The van der Waals surface area contributed by atoms with Crippen molar-refractivity contribution in [3.8, 4) is 53.2 Å². The highest BCUT2D eigenvalue weighted by molar-refractivity contribution is 7.25. The third-order valence-corrected chi connectivity index (χ3v) is 10.9. The molecule has 0 saturated carbocycles. The highest BCUT2D eigenvalue weighted by Crippen LogP contribution is 2.54. The number of fused-ring (bicyclic) bond motifs is 2. The van der Waals surface area contributed by atoms with Crippen LogP contribution in [0.5, 0.6) is 0 Å². The van der Waals surface area contributed by atoms with Gasteiger partial charge in [-0.05, 0) is 23.3 Å². The van der Waals surface area contributed by atoms with Gasteiger partial charge in [-0.1, -0.05) is 127 Å². The Hall–Kier alpha value is -4.35. The summed E-state index contributed by atoms with van der Waals surface area (Å²) in [6.45, 7) is 0. The molecule has 3 heterocycles. The lowest BCUT2D eigenvalue weighted by Crippen LogP contribution is -1.86. The van der Waals surface area contributed by atoms with E-state index < -0.39 is 0 Å². The third-order valence-electron chi connectivity index (χ3n) is 7.37. The van der Waals surface area contributed by atoms with E-state index in [1.807, 2.05) is 22.7 Å². The van der Waals surface area contributed by atoms with Gasteiger partial charge in [-0.2, -0.15) is 0 Å². The lowest BCUT2D eigenvalue weighted by Gasteiger charge is -2.08. The van der Waals surface area contributed by atoms with Crippen molar-refractivity contribution in [3.05, 3.63) is 140 Å². The molecule has 0 radical (unpaired) electrons. The average molecular weight is 578 g/mol. The van der Waals surface area contributed by atoms with E-state index in [1.165, 1.54) is 57.1 Å². The maximum Gasteiger partial charge on any atom is 0.124 e. The summed E-state index contributed by atoms with van der Waals surface area (Å²) in [5.41, 5.74) is 7.17. The molecular formula is C37H23NS3. The van der Waals surface area contributed by atoms with Crippen LogP contribution in [0.2, 0.25) is 0 Å². The number of benzene rings is 5. The Balaban J connectivity index is 1.50. The zero-order chi connectivity index (χ0) is 27.2. The van der Waals surface area contributed by atoms with E-state index >= 15 is 0 Å². The molecule has 4 heteroatoms. The highest BCUT2D eigenvalue weighted by Gasteiger charge is 2.27. The van der Waals surface area contributed by atoms with E-state index in [1.54, 1.807) is 11.3 Å². The fourth-order valence-electron chi connectivity index (χ4n) is 5.50. The van der Waals surface area contributed by atoms with Gasteiger partial charge in [0, 0.05) is 46.6 Å². The molecule has 194 valence electrons. The van der Waals surface area contributed by atoms with Crippen molar-refractivity contribution in [1.29, 1.82) is 0 Å². The van der Waals surface area contributed by atoms with Crippen molar-refractivity contribution in [1.82, 2.24) is 4.98 Å². The lowest BCUT2D eigenvalue weighted by molar-refractivity contribution is 1.41. The number of hydrogen-bond acceptors (Lipinski definition) is 4. The number of hydrogen-bond donors (Lipinski definition) is 0. The first kappa shape index (κ1) is 24.4. The predicted molar refractivity (Wildman–Crippen MR) is 180 cm³/mol. The van der Waals surface area contributed by atoms with Gasteiger partial charge >= 0.3 is 0 Å². The van der Waals surface area contributed by atoms with E-state index in [0.717, 1.165) is 16.3 Å². The van der Waals surface area contributed by atoms with Crippen molar-refractivity contribution in [2.45, 2.75) is 0 Å². The van der Waals surface area contributed by atoms with Gasteiger partial charge in [-0.25, -0.2) is 4.98 Å². The maximum absolute atomic E-state index is 5.49. The maximum atomic E-state index is 5.49. The van der Waals surface area contributed by atoms with E-state index in [2.05, 4.69) is 140 Å². The molecule has 3 aromatic heterocycles. The van der Waals surface area contributed by atoms with Crippen LogP contribution in [0.25, 0.3) is 73.3 Å². The minimum absolute atomic E-state index is 1.04. The fourth-order valence-corrected chi connectivity index (χ4v) is 9.13. The van der Waals surface area contributed by atoms with E-state index in [0.29, 0.717) is 0 Å². The van der Waals surface area contributed by atoms with E-state index in [-0.39, 0.29) is 0 Å². The molecule has 0 unspecified atom stereocenters. The molecule has 0 bridgehead atoms. The van der Waals surface area contributed by atoms with Crippen molar-refractivity contribution in [2.24, 2.45) is 0 Å². The van der Waals surface area contributed by atoms with E-state index in [9.17, 15) is 0 Å². The summed E-state index contributed by atoms with van der Waals surface area (Å²) in [4.78, 5) is 9.26. The fraction of sp³-hybridized carbons (Fsp3) is 0. The van der Waals surface area contributed by atoms with Crippen LogP contribution in [-0.2, 0) is 0 Å². The third kappa shape index (κ3) is 4.23. The van der Waals surface area contributed by atoms with Crippen LogP contribution in [0.1, 0.15) is 0 Å². The Morgan fingerprint density at radius 1 is 0.366 bits per heavy atom. The quantitative estimate of drug-likeness (QED) is 0.198. The van der Waals surface area contributed by atoms with Crippen molar-refractivity contribution < 1.29 is 0 Å². The molecule has 0 aliphatic carbocycles. The van der Waals surface area contributed by atoms with E-state index in [4.69, 9.17) is 4.98 Å². The number of aromatic nitrogens is 1. The van der Waals surface area contributed by atoms with Crippen LogP contribution in [0.3, 0.4) is 0 Å². The molecule has 0 aliphatic rings. The monoisotopic (exact) mass is 577 g/mol.